The van der Waals surface area contributed by atoms with Crippen LogP contribution in [0.4, 0.5) is 11.4 Å². The highest BCUT2D eigenvalue weighted by atomic mass is 15.1. The Balaban J connectivity index is 1.20. The lowest BCUT2D eigenvalue weighted by Crippen LogP contribution is -2.60. The number of aromatic nitrogens is 1. The summed E-state index contributed by atoms with van der Waals surface area (Å²) < 4.78 is 2.63. The van der Waals surface area contributed by atoms with Gasteiger partial charge in [0.1, 0.15) is 0 Å². The number of anilines is 2. The van der Waals surface area contributed by atoms with Crippen LogP contribution in [0.2, 0.25) is 0 Å². The summed E-state index contributed by atoms with van der Waals surface area (Å²) in [7, 11) is 0. The molecule has 9 aromatic carbocycles. The molecule has 13 rings (SSSR count). The molecule has 0 spiro atoms. The fraction of sp³-hybridized carbons (Fsp3) is 0.148. The van der Waals surface area contributed by atoms with E-state index < -0.39 is 0 Å². The average molecular weight is 821 g/mol. The second kappa shape index (κ2) is 13.5. The fourth-order valence-corrected chi connectivity index (χ4v) is 11.9. The second-order valence-electron chi connectivity index (χ2n) is 20.0. The Morgan fingerprint density at radius 2 is 1.11 bits per heavy atom. The zero-order valence-electron chi connectivity index (χ0n) is 37.2. The van der Waals surface area contributed by atoms with E-state index in [1.54, 1.807) is 0 Å². The Kier molecular flexibility index (Phi) is 7.88. The van der Waals surface area contributed by atoms with Gasteiger partial charge in [-0.3, -0.25) is 0 Å². The molecule has 0 atom stereocenters. The van der Waals surface area contributed by atoms with Crippen LogP contribution in [-0.2, 0) is 10.8 Å². The maximum Gasteiger partial charge on any atom is 0.333 e. The molecule has 64 heavy (non-hydrogen) atoms. The Morgan fingerprint density at radius 1 is 0.453 bits per heavy atom. The van der Waals surface area contributed by atoms with Gasteiger partial charge in [-0.05, 0) is 163 Å². The van der Waals surface area contributed by atoms with E-state index in [1.807, 2.05) is 0 Å². The summed E-state index contributed by atoms with van der Waals surface area (Å²) in [5.41, 5.74) is 23.4. The van der Waals surface area contributed by atoms with Crippen molar-refractivity contribution in [3.8, 4) is 50.2 Å². The van der Waals surface area contributed by atoms with Crippen LogP contribution >= 0.6 is 0 Å². The number of nitrogens with zero attached hydrogens (tertiary/aromatic N) is 2. The summed E-state index contributed by atoms with van der Waals surface area (Å²) in [5.74, 6) is 0. The van der Waals surface area contributed by atoms with E-state index in [4.69, 9.17) is 0 Å². The number of benzene rings is 9. The maximum absolute atomic E-state index is 2.74. The Labute approximate surface area is 376 Å². The molecule has 0 saturated heterocycles. The second-order valence-corrected chi connectivity index (χ2v) is 20.0. The van der Waals surface area contributed by atoms with E-state index in [1.165, 1.54) is 135 Å². The predicted octanol–water partition coefficient (Wildman–Crippen LogP) is 14.8. The lowest BCUT2D eigenvalue weighted by molar-refractivity contribution is 0.332. The highest BCUT2D eigenvalue weighted by Crippen LogP contribution is 2.51. The molecule has 2 aliphatic heterocycles. The maximum atomic E-state index is 2.74. The van der Waals surface area contributed by atoms with E-state index in [-0.39, 0.29) is 17.7 Å². The molecule has 2 nitrogen and oxygen atoms in total. The van der Waals surface area contributed by atoms with Crippen molar-refractivity contribution in [3.63, 3.8) is 0 Å². The molecule has 0 radical (unpaired) electrons. The topological polar surface area (TPSA) is 8.17 Å². The largest absolute Gasteiger partial charge is 0.376 e. The van der Waals surface area contributed by atoms with Crippen molar-refractivity contribution < 1.29 is 0 Å². The van der Waals surface area contributed by atoms with E-state index in [0.717, 1.165) is 0 Å². The van der Waals surface area contributed by atoms with Gasteiger partial charge >= 0.3 is 6.85 Å². The Hall–Kier alpha value is -7.10. The van der Waals surface area contributed by atoms with E-state index in [2.05, 4.69) is 226 Å². The minimum Gasteiger partial charge on any atom is -0.376 e. The highest BCUT2D eigenvalue weighted by molar-refractivity contribution is 6.93. The third-order valence-corrected chi connectivity index (χ3v) is 15.3. The number of rotatable bonds is 4. The Morgan fingerprint density at radius 3 is 1.86 bits per heavy atom. The summed E-state index contributed by atoms with van der Waals surface area (Å²) in [5, 5.41) is 5.07. The van der Waals surface area contributed by atoms with Gasteiger partial charge in [-0.15, -0.1) is 0 Å². The van der Waals surface area contributed by atoms with Gasteiger partial charge < -0.3 is 9.38 Å². The fourth-order valence-electron chi connectivity index (χ4n) is 11.9. The number of hydrogen-bond acceptors (Lipinski definition) is 1. The van der Waals surface area contributed by atoms with Crippen LogP contribution in [0.25, 0.3) is 82.8 Å². The standard InChI is InChI=1S/C61H49BN2/c1-38-16-12-15-23-47(38)45-33-50-48-30-41-21-13-14-22-42(41)35-56(48)64(46-25-26-52-53(37-46)61(4,5)29-28-60(52,2)3)62-54-34-44(40-19-10-7-11-20-40)32-51-49-31-43(39-17-8-6-9-18-39)24-27-55(49)63(59(51)54)57(36-45)58(50)62/h6-27,30-37H,28-29H2,1-5H3. The molecule has 0 N–H and O–H groups in total. The van der Waals surface area contributed by atoms with E-state index >= 15 is 0 Å². The zero-order valence-corrected chi connectivity index (χ0v) is 37.2. The first kappa shape index (κ1) is 37.5. The molecule has 306 valence electrons. The van der Waals surface area contributed by atoms with Crippen molar-refractivity contribution in [2.45, 2.75) is 58.3 Å². The van der Waals surface area contributed by atoms with Gasteiger partial charge in [-0.25, -0.2) is 0 Å². The number of fused-ring (bicyclic) bond motifs is 9. The highest BCUT2D eigenvalue weighted by Gasteiger charge is 2.46. The molecule has 0 saturated carbocycles. The van der Waals surface area contributed by atoms with Gasteiger partial charge in [-0.2, -0.15) is 0 Å². The summed E-state index contributed by atoms with van der Waals surface area (Å²) in [6.45, 7) is 11.9. The van der Waals surface area contributed by atoms with Gasteiger partial charge in [0.2, 0.25) is 0 Å². The average Bonchev–Trinajstić information content (AvgIpc) is 3.66. The van der Waals surface area contributed by atoms with Gasteiger partial charge in [0.15, 0.2) is 0 Å². The summed E-state index contributed by atoms with van der Waals surface area (Å²) in [4.78, 5) is 2.74. The number of hydrogen-bond donors (Lipinski definition) is 0. The first-order valence-corrected chi connectivity index (χ1v) is 23.1. The summed E-state index contributed by atoms with van der Waals surface area (Å²) >= 11 is 0. The molecule has 10 aromatic rings. The minimum absolute atomic E-state index is 0.0598. The molecule has 3 aliphatic rings. The first-order chi connectivity index (χ1) is 31.1. The third-order valence-electron chi connectivity index (χ3n) is 15.3. The van der Waals surface area contributed by atoms with Gasteiger partial charge in [0, 0.05) is 33.4 Å². The smallest absolute Gasteiger partial charge is 0.333 e. The van der Waals surface area contributed by atoms with Crippen LogP contribution < -0.4 is 15.7 Å². The molecule has 0 bridgehead atoms. The Bertz CT molecular complexity index is 3580. The molecule has 3 heterocycles. The normalized spacial score (nSPS) is 15.3. The lowest BCUT2D eigenvalue weighted by Gasteiger charge is -2.45. The third kappa shape index (κ3) is 5.40. The van der Waals surface area contributed by atoms with Crippen molar-refractivity contribution >= 4 is 61.7 Å². The summed E-state index contributed by atoms with van der Waals surface area (Å²) in [6.07, 6.45) is 2.36. The lowest BCUT2D eigenvalue weighted by atomic mass is 9.43. The van der Waals surface area contributed by atoms with Crippen LogP contribution in [0.3, 0.4) is 0 Å². The minimum atomic E-state index is -0.0982. The van der Waals surface area contributed by atoms with Gasteiger partial charge in [-0.1, -0.05) is 155 Å². The first-order valence-electron chi connectivity index (χ1n) is 23.1. The molecule has 0 unspecified atom stereocenters. The van der Waals surface area contributed by atoms with Gasteiger partial charge in [0.05, 0.1) is 11.0 Å². The molecular weight excluding hydrogens is 771 g/mol. The predicted molar refractivity (Wildman–Crippen MR) is 274 cm³/mol. The summed E-state index contributed by atoms with van der Waals surface area (Å²) in [6, 6.07) is 69.3. The van der Waals surface area contributed by atoms with Crippen LogP contribution in [0, 0.1) is 6.92 Å². The molecular formula is C61H49BN2. The molecule has 1 aromatic heterocycles. The molecule has 0 amide bonds. The van der Waals surface area contributed by atoms with E-state index in [9.17, 15) is 0 Å². The van der Waals surface area contributed by atoms with Crippen molar-refractivity contribution in [1.29, 1.82) is 0 Å². The quantitative estimate of drug-likeness (QED) is 0.161. The molecule has 1 aliphatic carbocycles. The van der Waals surface area contributed by atoms with Crippen LogP contribution in [-0.4, -0.2) is 11.4 Å². The SMILES string of the molecule is Cc1ccccc1-c1cc2c3c(c1)-n1c4ccc(-c5ccccc5)cc4c4cc(-c5ccccc5)cc(c41)B3N(c1ccc3c(c1)C(C)(C)CCC3(C)C)c1cc3ccccc3cc1-2. The van der Waals surface area contributed by atoms with E-state index in [0.29, 0.717) is 0 Å². The van der Waals surface area contributed by atoms with Crippen molar-refractivity contribution in [3.05, 3.63) is 199 Å². The monoisotopic (exact) mass is 820 g/mol. The van der Waals surface area contributed by atoms with Crippen LogP contribution in [0.15, 0.2) is 182 Å². The zero-order chi connectivity index (χ0) is 43.1. The van der Waals surface area contributed by atoms with Gasteiger partial charge in [0.25, 0.3) is 0 Å². The van der Waals surface area contributed by atoms with Crippen molar-refractivity contribution in [1.82, 2.24) is 4.57 Å². The van der Waals surface area contributed by atoms with Crippen LogP contribution in [0.1, 0.15) is 57.2 Å². The van der Waals surface area contributed by atoms with Crippen molar-refractivity contribution in [2.75, 3.05) is 4.81 Å². The molecule has 3 heteroatoms. The van der Waals surface area contributed by atoms with Crippen LogP contribution in [0.5, 0.6) is 0 Å². The number of aryl methyl sites for hydroxylation is 1. The molecule has 0 fully saturated rings. The van der Waals surface area contributed by atoms with Crippen molar-refractivity contribution in [2.24, 2.45) is 0 Å².